The van der Waals surface area contributed by atoms with Gasteiger partial charge < -0.3 is 16.0 Å². The van der Waals surface area contributed by atoms with Gasteiger partial charge in [0.15, 0.2) is 5.96 Å². The van der Waals surface area contributed by atoms with Crippen molar-refractivity contribution in [1.82, 2.24) is 4.90 Å². The maximum absolute atomic E-state index is 6.04. The maximum Gasteiger partial charge on any atom is 0.193 e. The smallest absolute Gasteiger partial charge is 0.193 e. The number of hydrogen-bond acceptors (Lipinski definition) is 2. The Bertz CT molecular complexity index is 663. The third-order valence-electron chi connectivity index (χ3n) is 4.15. The molecule has 0 heterocycles. The van der Waals surface area contributed by atoms with Gasteiger partial charge in [-0.2, -0.15) is 0 Å². The SMILES string of the molecule is CCc1ccc(C(CN=C(N)Nc2ccc(C)cc2)N(C)C)cc1.I. The fourth-order valence-electron chi connectivity index (χ4n) is 2.55. The Balaban J connectivity index is 0.00000312. The molecule has 1 unspecified atom stereocenters. The molecule has 0 radical (unpaired) electrons. The number of halogens is 1. The van der Waals surface area contributed by atoms with Gasteiger partial charge in [0, 0.05) is 5.69 Å². The average Bonchev–Trinajstić information content (AvgIpc) is 2.57. The highest BCUT2D eigenvalue weighted by atomic mass is 127. The zero-order chi connectivity index (χ0) is 17.5. The number of likely N-dealkylation sites (N-methyl/N-ethyl adjacent to an activating group) is 1. The summed E-state index contributed by atoms with van der Waals surface area (Å²) in [4.78, 5) is 6.69. The van der Waals surface area contributed by atoms with Gasteiger partial charge >= 0.3 is 0 Å². The molecule has 2 aromatic rings. The fraction of sp³-hybridized carbons (Fsp3) is 0.350. The first kappa shape index (κ1) is 21.4. The van der Waals surface area contributed by atoms with Gasteiger partial charge in [0.05, 0.1) is 12.6 Å². The summed E-state index contributed by atoms with van der Waals surface area (Å²) in [7, 11) is 4.13. The third kappa shape index (κ3) is 6.66. The Hall–Kier alpha value is -1.60. The Morgan fingerprint density at radius 3 is 2.20 bits per heavy atom. The lowest BCUT2D eigenvalue weighted by Crippen LogP contribution is -2.27. The van der Waals surface area contributed by atoms with Gasteiger partial charge in [0.2, 0.25) is 0 Å². The molecule has 5 heteroatoms. The van der Waals surface area contributed by atoms with Crippen LogP contribution in [0, 0.1) is 6.92 Å². The molecule has 0 saturated heterocycles. The second kappa shape index (κ2) is 10.4. The van der Waals surface area contributed by atoms with Crippen molar-refractivity contribution in [2.45, 2.75) is 26.3 Å². The van der Waals surface area contributed by atoms with Crippen molar-refractivity contribution in [3.8, 4) is 0 Å². The molecule has 1 atom stereocenters. The predicted octanol–water partition coefficient (Wildman–Crippen LogP) is 4.20. The second-order valence-corrected chi connectivity index (χ2v) is 6.29. The molecule has 0 amide bonds. The monoisotopic (exact) mass is 452 g/mol. The van der Waals surface area contributed by atoms with Crippen LogP contribution in [-0.2, 0) is 6.42 Å². The summed E-state index contributed by atoms with van der Waals surface area (Å²) in [5, 5.41) is 3.14. The van der Waals surface area contributed by atoms with Crippen molar-refractivity contribution in [3.63, 3.8) is 0 Å². The predicted molar refractivity (Wildman–Crippen MR) is 119 cm³/mol. The van der Waals surface area contributed by atoms with Crippen LogP contribution in [0.2, 0.25) is 0 Å². The highest BCUT2D eigenvalue weighted by Gasteiger charge is 2.13. The van der Waals surface area contributed by atoms with E-state index in [0.717, 1.165) is 12.1 Å². The minimum absolute atomic E-state index is 0. The second-order valence-electron chi connectivity index (χ2n) is 6.29. The van der Waals surface area contributed by atoms with Crippen molar-refractivity contribution < 1.29 is 0 Å². The first-order chi connectivity index (χ1) is 11.5. The molecular weight excluding hydrogens is 423 g/mol. The van der Waals surface area contributed by atoms with Crippen LogP contribution in [0.15, 0.2) is 53.5 Å². The molecule has 0 fully saturated rings. The van der Waals surface area contributed by atoms with Gasteiger partial charge in [-0.25, -0.2) is 0 Å². The summed E-state index contributed by atoms with van der Waals surface area (Å²) < 4.78 is 0. The van der Waals surface area contributed by atoms with E-state index in [2.05, 4.69) is 67.4 Å². The first-order valence-corrected chi connectivity index (χ1v) is 8.38. The van der Waals surface area contributed by atoms with Gasteiger partial charge in [-0.1, -0.05) is 48.9 Å². The van der Waals surface area contributed by atoms with Gasteiger partial charge in [0.1, 0.15) is 0 Å². The zero-order valence-corrected chi connectivity index (χ0v) is 17.8. The molecule has 4 nitrogen and oxygen atoms in total. The molecule has 3 N–H and O–H groups in total. The largest absolute Gasteiger partial charge is 0.370 e. The van der Waals surface area contributed by atoms with Crippen molar-refractivity contribution in [1.29, 1.82) is 0 Å². The van der Waals surface area contributed by atoms with Gasteiger partial charge in [-0.05, 0) is 50.7 Å². The third-order valence-corrected chi connectivity index (χ3v) is 4.15. The van der Waals surface area contributed by atoms with E-state index in [1.165, 1.54) is 16.7 Å². The molecule has 0 spiro atoms. The number of guanidine groups is 1. The van der Waals surface area contributed by atoms with E-state index < -0.39 is 0 Å². The molecule has 136 valence electrons. The van der Waals surface area contributed by atoms with E-state index in [-0.39, 0.29) is 30.0 Å². The number of benzene rings is 2. The first-order valence-electron chi connectivity index (χ1n) is 8.38. The molecule has 0 aromatic heterocycles. The number of aryl methyl sites for hydroxylation is 2. The molecule has 0 aliphatic rings. The van der Waals surface area contributed by atoms with Crippen molar-refractivity contribution in [3.05, 3.63) is 65.2 Å². The Labute approximate surface area is 168 Å². The normalized spacial score (nSPS) is 12.6. The summed E-state index contributed by atoms with van der Waals surface area (Å²) >= 11 is 0. The Morgan fingerprint density at radius 2 is 1.68 bits per heavy atom. The molecule has 2 rings (SSSR count). The molecule has 0 bridgehead atoms. The summed E-state index contributed by atoms with van der Waals surface area (Å²) in [5.74, 6) is 0.441. The van der Waals surface area contributed by atoms with E-state index in [4.69, 9.17) is 5.73 Å². The van der Waals surface area contributed by atoms with E-state index in [1.54, 1.807) is 0 Å². The number of nitrogens with two attached hydrogens (primary N) is 1. The van der Waals surface area contributed by atoms with E-state index in [9.17, 15) is 0 Å². The van der Waals surface area contributed by atoms with Crippen molar-refractivity contribution >= 4 is 35.6 Å². The van der Waals surface area contributed by atoms with Crippen LogP contribution in [0.25, 0.3) is 0 Å². The van der Waals surface area contributed by atoms with Crippen LogP contribution < -0.4 is 11.1 Å². The van der Waals surface area contributed by atoms with Crippen LogP contribution in [0.4, 0.5) is 5.69 Å². The van der Waals surface area contributed by atoms with Crippen LogP contribution >= 0.6 is 24.0 Å². The summed E-state index contributed by atoms with van der Waals surface area (Å²) in [6, 6.07) is 17.0. The van der Waals surface area contributed by atoms with Crippen LogP contribution in [0.5, 0.6) is 0 Å². The zero-order valence-electron chi connectivity index (χ0n) is 15.5. The lowest BCUT2D eigenvalue weighted by Gasteiger charge is -2.23. The Kier molecular flexibility index (Phi) is 8.92. The molecular formula is C20H29IN4. The van der Waals surface area contributed by atoms with Gasteiger partial charge in [-0.3, -0.25) is 4.99 Å². The summed E-state index contributed by atoms with van der Waals surface area (Å²) in [6.45, 7) is 4.84. The Morgan fingerprint density at radius 1 is 1.08 bits per heavy atom. The average molecular weight is 452 g/mol. The van der Waals surface area contributed by atoms with Crippen LogP contribution in [0.3, 0.4) is 0 Å². The van der Waals surface area contributed by atoms with Crippen molar-refractivity contribution in [2.24, 2.45) is 10.7 Å². The molecule has 0 aliphatic carbocycles. The fourth-order valence-corrected chi connectivity index (χ4v) is 2.55. The van der Waals surface area contributed by atoms with Gasteiger partial charge in [-0.15, -0.1) is 24.0 Å². The minimum atomic E-state index is 0. The minimum Gasteiger partial charge on any atom is -0.370 e. The van der Waals surface area contributed by atoms with E-state index >= 15 is 0 Å². The molecule has 25 heavy (non-hydrogen) atoms. The number of hydrogen-bond donors (Lipinski definition) is 2. The van der Waals surface area contributed by atoms with Crippen molar-refractivity contribution in [2.75, 3.05) is 26.0 Å². The van der Waals surface area contributed by atoms with Crippen LogP contribution in [-0.4, -0.2) is 31.5 Å². The van der Waals surface area contributed by atoms with E-state index in [1.807, 2.05) is 24.3 Å². The number of anilines is 1. The van der Waals surface area contributed by atoms with Gasteiger partial charge in [0.25, 0.3) is 0 Å². The topological polar surface area (TPSA) is 53.6 Å². The molecule has 0 aliphatic heterocycles. The highest BCUT2D eigenvalue weighted by molar-refractivity contribution is 14.0. The number of nitrogens with zero attached hydrogens (tertiary/aromatic N) is 2. The number of nitrogens with one attached hydrogen (secondary N) is 1. The highest BCUT2D eigenvalue weighted by Crippen LogP contribution is 2.19. The summed E-state index contributed by atoms with van der Waals surface area (Å²) in [6.07, 6.45) is 1.05. The van der Waals surface area contributed by atoms with E-state index in [0.29, 0.717) is 12.5 Å². The molecule has 0 saturated carbocycles. The maximum atomic E-state index is 6.04. The quantitative estimate of drug-likeness (QED) is 0.393. The summed E-state index contributed by atoms with van der Waals surface area (Å²) in [5.41, 5.74) is 10.8. The standard InChI is InChI=1S/C20H28N4.HI/c1-5-16-8-10-17(11-9-16)19(24(3)4)14-22-20(21)23-18-12-6-15(2)7-13-18;/h6-13,19H,5,14H2,1-4H3,(H3,21,22,23);1H. The number of rotatable bonds is 6. The lowest BCUT2D eigenvalue weighted by atomic mass is 10.0. The van der Waals surface area contributed by atoms with Crippen LogP contribution in [0.1, 0.15) is 29.7 Å². The molecule has 2 aromatic carbocycles. The lowest BCUT2D eigenvalue weighted by molar-refractivity contribution is 0.306. The number of aliphatic imine (C=N–C) groups is 1.